The molecule has 0 saturated heterocycles. The van der Waals surface area contributed by atoms with Crippen LogP contribution < -0.4 is 0 Å². The van der Waals surface area contributed by atoms with E-state index in [0.717, 1.165) is 5.92 Å². The van der Waals surface area contributed by atoms with E-state index in [2.05, 4.69) is 26.8 Å². The molecule has 0 nitrogen and oxygen atoms in total. The molecule has 1 rings (SSSR count). The molecule has 0 bridgehead atoms. The predicted molar refractivity (Wildman–Crippen MR) is 41.0 cm³/mol. The van der Waals surface area contributed by atoms with Crippen LogP contribution in [0.5, 0.6) is 0 Å². The van der Waals surface area contributed by atoms with Crippen LogP contribution in [0.1, 0.15) is 26.7 Å². The summed E-state index contributed by atoms with van der Waals surface area (Å²) in [5.41, 5.74) is 1.41. The minimum absolute atomic E-state index is 0.661. The van der Waals surface area contributed by atoms with Gasteiger partial charge in [0.15, 0.2) is 0 Å². The van der Waals surface area contributed by atoms with Gasteiger partial charge in [0.1, 0.15) is 0 Å². The van der Waals surface area contributed by atoms with Crippen molar-refractivity contribution in [1.29, 1.82) is 0 Å². The Bertz CT molecular complexity index is 113. The van der Waals surface area contributed by atoms with Crippen molar-refractivity contribution >= 4 is 0 Å². The minimum Gasteiger partial charge on any atom is -0.0996 e. The van der Waals surface area contributed by atoms with Crippen LogP contribution in [-0.2, 0) is 0 Å². The molecule has 1 aliphatic rings. The van der Waals surface area contributed by atoms with Gasteiger partial charge in [0.05, 0.1) is 0 Å². The van der Waals surface area contributed by atoms with Crippen molar-refractivity contribution in [3.8, 4) is 0 Å². The number of hydrogen-bond acceptors (Lipinski definition) is 0. The molecule has 0 aliphatic heterocycles. The van der Waals surface area contributed by atoms with Crippen molar-refractivity contribution in [3.05, 3.63) is 18.6 Å². The van der Waals surface area contributed by atoms with Crippen LogP contribution in [-0.4, -0.2) is 0 Å². The van der Waals surface area contributed by atoms with Gasteiger partial charge >= 0.3 is 0 Å². The maximum absolute atomic E-state index is 4.00. The molecule has 51 valence electrons. The highest BCUT2D eigenvalue weighted by atomic mass is 14.2. The fourth-order valence-corrected chi connectivity index (χ4v) is 1.37. The molecule has 2 unspecified atom stereocenters. The van der Waals surface area contributed by atoms with E-state index in [-0.39, 0.29) is 0 Å². The monoisotopic (exact) mass is 123 g/mol. The van der Waals surface area contributed by atoms with Gasteiger partial charge in [-0.1, -0.05) is 26.0 Å². The maximum Gasteiger partial charge on any atom is -0.0200 e. The molecule has 0 heteroatoms. The minimum atomic E-state index is 0.661. The summed E-state index contributed by atoms with van der Waals surface area (Å²) in [5.74, 6) is 1.47. The van der Waals surface area contributed by atoms with Gasteiger partial charge in [-0.2, -0.15) is 0 Å². The average molecular weight is 123 g/mol. The zero-order valence-corrected chi connectivity index (χ0v) is 6.35. The molecular weight excluding hydrogens is 108 g/mol. The third kappa shape index (κ3) is 1.57. The summed E-state index contributed by atoms with van der Waals surface area (Å²) < 4.78 is 0. The lowest BCUT2D eigenvalue weighted by atomic mass is 9.81. The van der Waals surface area contributed by atoms with Crippen LogP contribution >= 0.6 is 0 Å². The highest BCUT2D eigenvalue weighted by molar-refractivity contribution is 5.09. The zero-order valence-electron chi connectivity index (χ0n) is 6.35. The highest BCUT2D eigenvalue weighted by Gasteiger charge is 2.17. The molecule has 1 radical (unpaired) electrons. The Labute approximate surface area is 58.0 Å². The molecule has 0 spiro atoms. The largest absolute Gasteiger partial charge is 0.0996 e. The Morgan fingerprint density at radius 3 is 2.67 bits per heavy atom. The standard InChI is InChI=1S/C9H15/c1-7-4-5-8(2)9(3)6-7/h6-7,9H,2,4-5H2,1,3H3. The second-order valence-electron chi connectivity index (χ2n) is 3.16. The van der Waals surface area contributed by atoms with Crippen molar-refractivity contribution in [2.75, 3.05) is 0 Å². The smallest absolute Gasteiger partial charge is 0.0200 e. The Hall–Kier alpha value is -0.260. The summed E-state index contributed by atoms with van der Waals surface area (Å²) in [6.07, 6.45) is 4.94. The van der Waals surface area contributed by atoms with Crippen molar-refractivity contribution in [1.82, 2.24) is 0 Å². The first-order valence-electron chi connectivity index (χ1n) is 3.73. The third-order valence-electron chi connectivity index (χ3n) is 2.18. The molecule has 0 aromatic rings. The van der Waals surface area contributed by atoms with Crippen molar-refractivity contribution in [2.45, 2.75) is 26.7 Å². The van der Waals surface area contributed by atoms with Crippen LogP contribution in [0, 0.1) is 18.3 Å². The van der Waals surface area contributed by atoms with E-state index in [4.69, 9.17) is 0 Å². The van der Waals surface area contributed by atoms with E-state index in [1.807, 2.05) is 0 Å². The number of hydrogen-bond donors (Lipinski definition) is 0. The molecule has 0 aromatic heterocycles. The van der Waals surface area contributed by atoms with Gasteiger partial charge in [0, 0.05) is 0 Å². The molecule has 1 saturated carbocycles. The molecule has 1 fully saturated rings. The first-order chi connectivity index (χ1) is 4.20. The van der Waals surface area contributed by atoms with E-state index in [9.17, 15) is 0 Å². The van der Waals surface area contributed by atoms with E-state index < -0.39 is 0 Å². The van der Waals surface area contributed by atoms with E-state index in [1.165, 1.54) is 18.4 Å². The molecule has 0 amide bonds. The first-order valence-corrected chi connectivity index (χ1v) is 3.73. The van der Waals surface area contributed by atoms with Crippen molar-refractivity contribution in [3.63, 3.8) is 0 Å². The second kappa shape index (κ2) is 2.55. The van der Waals surface area contributed by atoms with Gasteiger partial charge in [-0.25, -0.2) is 0 Å². The summed E-state index contributed by atoms with van der Waals surface area (Å²) in [7, 11) is 0. The topological polar surface area (TPSA) is 0 Å². The van der Waals surface area contributed by atoms with Crippen LogP contribution in [0.3, 0.4) is 0 Å². The van der Waals surface area contributed by atoms with Crippen molar-refractivity contribution < 1.29 is 0 Å². The van der Waals surface area contributed by atoms with Crippen LogP contribution in [0.2, 0.25) is 0 Å². The summed E-state index contributed by atoms with van der Waals surface area (Å²) in [6, 6.07) is 0. The fraction of sp³-hybridized carbons (Fsp3) is 0.667. The third-order valence-corrected chi connectivity index (χ3v) is 2.18. The van der Waals surface area contributed by atoms with E-state index >= 15 is 0 Å². The van der Waals surface area contributed by atoms with Gasteiger partial charge < -0.3 is 0 Å². The lowest BCUT2D eigenvalue weighted by Gasteiger charge is -2.25. The van der Waals surface area contributed by atoms with Crippen molar-refractivity contribution in [2.24, 2.45) is 11.8 Å². The molecule has 1 aliphatic carbocycles. The number of rotatable bonds is 0. The second-order valence-corrected chi connectivity index (χ2v) is 3.16. The molecule has 9 heavy (non-hydrogen) atoms. The zero-order chi connectivity index (χ0) is 6.85. The molecule has 0 aromatic carbocycles. The molecule has 2 atom stereocenters. The van der Waals surface area contributed by atoms with Crippen LogP contribution in [0.4, 0.5) is 0 Å². The Morgan fingerprint density at radius 1 is 1.56 bits per heavy atom. The Kier molecular flexibility index (Phi) is 1.94. The van der Waals surface area contributed by atoms with Crippen LogP contribution in [0.25, 0.3) is 0 Å². The average Bonchev–Trinajstić information content (AvgIpc) is 1.80. The molecular formula is C9H15. The molecule has 0 heterocycles. The van der Waals surface area contributed by atoms with Gasteiger partial charge in [-0.05, 0) is 31.1 Å². The fourth-order valence-electron chi connectivity index (χ4n) is 1.37. The summed E-state index contributed by atoms with van der Waals surface area (Å²) >= 11 is 0. The SMILES string of the molecule is C=C1CCC(C)[CH]C1C. The predicted octanol–water partition coefficient (Wildman–Crippen LogP) is 2.81. The summed E-state index contributed by atoms with van der Waals surface area (Å²) in [6.45, 7) is 8.51. The lowest BCUT2D eigenvalue weighted by molar-refractivity contribution is 0.480. The Morgan fingerprint density at radius 2 is 2.22 bits per heavy atom. The number of allylic oxidation sites excluding steroid dienone is 1. The van der Waals surface area contributed by atoms with E-state index in [0.29, 0.717) is 5.92 Å². The maximum atomic E-state index is 4.00. The van der Waals surface area contributed by atoms with Gasteiger partial charge in [-0.3, -0.25) is 0 Å². The quantitative estimate of drug-likeness (QED) is 0.434. The first kappa shape index (κ1) is 6.85. The van der Waals surface area contributed by atoms with E-state index in [1.54, 1.807) is 0 Å². The normalized spacial score (nSPS) is 36.9. The van der Waals surface area contributed by atoms with Gasteiger partial charge in [0.25, 0.3) is 0 Å². The lowest BCUT2D eigenvalue weighted by Crippen LogP contribution is -2.13. The summed E-state index contributed by atoms with van der Waals surface area (Å²) in [4.78, 5) is 0. The molecule has 0 N–H and O–H groups in total. The van der Waals surface area contributed by atoms with Gasteiger partial charge in [0.2, 0.25) is 0 Å². The van der Waals surface area contributed by atoms with Gasteiger partial charge in [-0.15, -0.1) is 0 Å². The highest BCUT2D eigenvalue weighted by Crippen LogP contribution is 2.30. The Balaban J connectivity index is 2.44. The summed E-state index contributed by atoms with van der Waals surface area (Å²) in [5, 5.41) is 0. The van der Waals surface area contributed by atoms with Crippen LogP contribution in [0.15, 0.2) is 12.2 Å².